The van der Waals surface area contributed by atoms with E-state index in [0.717, 1.165) is 41.3 Å². The number of likely N-dealkylation sites (N-methyl/N-ethyl adjacent to an activating group) is 1. The molecule has 2 aromatic carbocycles. The topological polar surface area (TPSA) is 128 Å². The maximum absolute atomic E-state index is 13.9. The molecule has 0 saturated carbocycles. The molecular weight excluding hydrogens is 589 g/mol. The van der Waals surface area contributed by atoms with E-state index in [1.54, 1.807) is 12.1 Å². The van der Waals surface area contributed by atoms with E-state index in [2.05, 4.69) is 24.6 Å². The van der Waals surface area contributed by atoms with Gasteiger partial charge in [0.25, 0.3) is 5.91 Å². The van der Waals surface area contributed by atoms with Crippen molar-refractivity contribution in [3.05, 3.63) is 54.4 Å². The van der Waals surface area contributed by atoms with Crippen molar-refractivity contribution >= 4 is 33.5 Å². The van der Waals surface area contributed by atoms with E-state index < -0.39 is 17.8 Å². The number of phenols is 1. The second-order valence-electron chi connectivity index (χ2n) is 11.9. The third-order valence-electron chi connectivity index (χ3n) is 8.93. The van der Waals surface area contributed by atoms with Gasteiger partial charge in [-0.3, -0.25) is 4.79 Å². The SMILES string of the molecule is C=C(F)C(=O)N1CCN(c2nc(OCC3CCCN3C)nc3cc(-c4cc(O)cc5cccc(C)c45)c(OC)nc23)C[C@@H]1CC#N. The third-order valence-corrected chi connectivity index (χ3v) is 8.93. The van der Waals surface area contributed by atoms with Crippen LogP contribution in [0.3, 0.4) is 0 Å². The highest BCUT2D eigenvalue weighted by Crippen LogP contribution is 2.41. The predicted octanol–water partition coefficient (Wildman–Crippen LogP) is 4.75. The molecule has 6 rings (SSSR count). The standard InChI is InChI=1S/C34H36FN7O4/c1-20-7-5-8-22-15-25(43)16-26(29(20)22)27-17-28-30(38-32(27)45-4)31(39-34(37-28)46-19-24-9-6-12-40(24)3)41-13-14-42(33(44)21(2)35)23(18-41)10-11-36/h5,7-8,15-17,23-24,43H,2,6,9-10,12-14,18-19H2,1,3-4H3/t23-,24?/m0/s1. The lowest BCUT2D eigenvalue weighted by atomic mass is 9.95. The zero-order valence-electron chi connectivity index (χ0n) is 26.2. The fourth-order valence-electron chi connectivity index (χ4n) is 6.56. The maximum Gasteiger partial charge on any atom is 0.319 e. The Hall–Kier alpha value is -5.02. The number of aryl methyl sites for hydroxylation is 1. The molecule has 2 aliphatic rings. The molecule has 2 saturated heterocycles. The molecule has 2 aliphatic heterocycles. The van der Waals surface area contributed by atoms with Gasteiger partial charge in [-0.05, 0) is 73.5 Å². The number of piperazine rings is 1. The number of pyridine rings is 1. The summed E-state index contributed by atoms with van der Waals surface area (Å²) in [4.78, 5) is 32.6. The fourth-order valence-corrected chi connectivity index (χ4v) is 6.56. The number of phenolic OH excluding ortho intramolecular Hbond substituents is 1. The second kappa shape index (κ2) is 12.8. The van der Waals surface area contributed by atoms with Gasteiger partial charge >= 0.3 is 6.01 Å². The summed E-state index contributed by atoms with van der Waals surface area (Å²) in [7, 11) is 3.60. The van der Waals surface area contributed by atoms with Gasteiger partial charge in [0.2, 0.25) is 5.88 Å². The van der Waals surface area contributed by atoms with Crippen LogP contribution in [-0.2, 0) is 4.79 Å². The first-order valence-corrected chi connectivity index (χ1v) is 15.3. The summed E-state index contributed by atoms with van der Waals surface area (Å²) in [6, 6.07) is 13.1. The average molecular weight is 626 g/mol. The quantitative estimate of drug-likeness (QED) is 0.274. The molecule has 46 heavy (non-hydrogen) atoms. The highest BCUT2D eigenvalue weighted by Gasteiger charge is 2.34. The lowest BCUT2D eigenvalue weighted by Gasteiger charge is -2.41. The molecule has 0 aliphatic carbocycles. The molecule has 12 heteroatoms. The Kier molecular flexibility index (Phi) is 8.60. The highest BCUT2D eigenvalue weighted by atomic mass is 19.1. The normalized spacial score (nSPS) is 18.6. The van der Waals surface area contributed by atoms with Crippen LogP contribution < -0.4 is 14.4 Å². The molecule has 0 radical (unpaired) electrons. The number of carbonyl (C=O) groups is 1. The smallest absolute Gasteiger partial charge is 0.319 e. The van der Waals surface area contributed by atoms with E-state index in [4.69, 9.17) is 24.4 Å². The number of amides is 1. The molecular formula is C34H36FN7O4. The van der Waals surface area contributed by atoms with E-state index >= 15 is 0 Å². The van der Waals surface area contributed by atoms with Crippen LogP contribution in [0.2, 0.25) is 0 Å². The Morgan fingerprint density at radius 1 is 1.15 bits per heavy atom. The van der Waals surface area contributed by atoms with Crippen LogP contribution in [0.25, 0.3) is 32.9 Å². The largest absolute Gasteiger partial charge is 0.508 e. The van der Waals surface area contributed by atoms with E-state index in [0.29, 0.717) is 41.4 Å². The summed E-state index contributed by atoms with van der Waals surface area (Å²) in [5, 5.41) is 22.0. The van der Waals surface area contributed by atoms with E-state index in [9.17, 15) is 19.6 Å². The Bertz CT molecular complexity index is 1880. The van der Waals surface area contributed by atoms with Crippen LogP contribution in [0, 0.1) is 18.3 Å². The van der Waals surface area contributed by atoms with Gasteiger partial charge in [0.05, 0.1) is 31.2 Å². The second-order valence-corrected chi connectivity index (χ2v) is 11.9. The Morgan fingerprint density at radius 3 is 2.70 bits per heavy atom. The summed E-state index contributed by atoms with van der Waals surface area (Å²) in [6.45, 7) is 7.26. The molecule has 4 aromatic rings. The molecule has 2 atom stereocenters. The molecule has 1 N–H and O–H groups in total. The van der Waals surface area contributed by atoms with Gasteiger partial charge in [0.1, 0.15) is 17.9 Å². The molecule has 2 aromatic heterocycles. The van der Waals surface area contributed by atoms with E-state index in [1.807, 2.05) is 36.1 Å². The number of benzene rings is 2. The van der Waals surface area contributed by atoms with Gasteiger partial charge in [-0.15, -0.1) is 0 Å². The Morgan fingerprint density at radius 2 is 1.98 bits per heavy atom. The van der Waals surface area contributed by atoms with Gasteiger partial charge in [-0.25, -0.2) is 9.37 Å². The fraction of sp³-hybridized carbons (Fsp3) is 0.382. The lowest BCUT2D eigenvalue weighted by Crippen LogP contribution is -2.55. The number of hydrogen-bond donors (Lipinski definition) is 1. The zero-order chi connectivity index (χ0) is 32.5. The van der Waals surface area contributed by atoms with Crippen molar-refractivity contribution in [3.63, 3.8) is 0 Å². The van der Waals surface area contributed by atoms with Crippen molar-refractivity contribution in [3.8, 4) is 34.8 Å². The van der Waals surface area contributed by atoms with Crippen molar-refractivity contribution in [2.24, 2.45) is 0 Å². The van der Waals surface area contributed by atoms with Crippen molar-refractivity contribution in [1.29, 1.82) is 5.26 Å². The number of nitrogens with zero attached hydrogens (tertiary/aromatic N) is 7. The van der Waals surface area contributed by atoms with Crippen molar-refractivity contribution < 1.29 is 23.8 Å². The van der Waals surface area contributed by atoms with Gasteiger partial charge in [-0.2, -0.15) is 15.2 Å². The van der Waals surface area contributed by atoms with Crippen LogP contribution in [0.4, 0.5) is 10.2 Å². The minimum atomic E-state index is -1.06. The molecule has 238 valence electrons. The van der Waals surface area contributed by atoms with Gasteiger partial charge in [-0.1, -0.05) is 24.8 Å². The lowest BCUT2D eigenvalue weighted by molar-refractivity contribution is -0.131. The molecule has 2 fully saturated rings. The first-order chi connectivity index (χ1) is 22.2. The van der Waals surface area contributed by atoms with Crippen LogP contribution in [-0.4, -0.2) is 94.8 Å². The zero-order valence-corrected chi connectivity index (χ0v) is 26.2. The number of aromatic nitrogens is 3. The number of hydrogen-bond acceptors (Lipinski definition) is 10. The van der Waals surface area contributed by atoms with Gasteiger partial charge < -0.3 is 29.3 Å². The summed E-state index contributed by atoms with van der Waals surface area (Å²) in [6.07, 6.45) is 2.10. The van der Waals surface area contributed by atoms with Crippen molar-refractivity contribution in [2.45, 2.75) is 38.3 Å². The maximum atomic E-state index is 13.9. The first-order valence-electron chi connectivity index (χ1n) is 15.3. The van der Waals surface area contributed by atoms with Gasteiger partial charge in [0, 0.05) is 31.2 Å². The summed E-state index contributed by atoms with van der Waals surface area (Å²) < 4.78 is 25.9. The van der Waals surface area contributed by atoms with Crippen LogP contribution in [0.5, 0.6) is 17.6 Å². The Balaban J connectivity index is 1.49. The number of fused-ring (bicyclic) bond motifs is 2. The van der Waals surface area contributed by atoms with Crippen molar-refractivity contribution in [2.75, 3.05) is 51.8 Å². The monoisotopic (exact) mass is 625 g/mol. The number of halogens is 1. The Labute approximate surface area is 266 Å². The number of carbonyl (C=O) groups excluding carboxylic acids is 1. The molecule has 1 amide bonds. The third kappa shape index (κ3) is 5.86. The van der Waals surface area contributed by atoms with Crippen LogP contribution in [0.15, 0.2) is 48.8 Å². The average Bonchev–Trinajstić information content (AvgIpc) is 3.46. The first kappa shape index (κ1) is 31.0. The van der Waals surface area contributed by atoms with E-state index in [-0.39, 0.29) is 37.3 Å². The minimum absolute atomic E-state index is 0.000726. The number of anilines is 1. The number of ether oxygens (including phenoxy) is 2. The summed E-state index contributed by atoms with van der Waals surface area (Å²) in [5.41, 5.74) is 3.33. The number of likely N-dealkylation sites (tertiary alicyclic amines) is 1. The number of aromatic hydroxyl groups is 1. The number of methoxy groups -OCH3 is 1. The summed E-state index contributed by atoms with van der Waals surface area (Å²) in [5.74, 6) is -1.02. The van der Waals surface area contributed by atoms with Crippen LogP contribution >= 0.6 is 0 Å². The summed E-state index contributed by atoms with van der Waals surface area (Å²) >= 11 is 0. The van der Waals surface area contributed by atoms with Crippen molar-refractivity contribution in [1.82, 2.24) is 24.8 Å². The molecule has 4 heterocycles. The molecule has 11 nitrogen and oxygen atoms in total. The molecule has 0 bridgehead atoms. The predicted molar refractivity (Wildman–Crippen MR) is 173 cm³/mol. The number of nitriles is 1. The molecule has 0 spiro atoms. The highest BCUT2D eigenvalue weighted by molar-refractivity contribution is 6.03. The van der Waals surface area contributed by atoms with E-state index in [1.165, 1.54) is 12.0 Å². The minimum Gasteiger partial charge on any atom is -0.508 e. The van der Waals surface area contributed by atoms with Crippen LogP contribution in [0.1, 0.15) is 24.8 Å². The number of rotatable bonds is 8. The van der Waals surface area contributed by atoms with Gasteiger partial charge in [0.15, 0.2) is 11.6 Å². The molecule has 1 unspecified atom stereocenters.